The summed E-state index contributed by atoms with van der Waals surface area (Å²) < 4.78 is 0. The van der Waals surface area contributed by atoms with Gasteiger partial charge in [-0.15, -0.1) is 0 Å². The molecule has 1 aromatic rings. The molecular weight excluding hydrogens is 286 g/mol. The lowest BCUT2D eigenvalue weighted by atomic mass is 9.68. The number of carbonyl (C=O) groups is 1. The lowest BCUT2D eigenvalue weighted by Gasteiger charge is -2.39. The minimum Gasteiger partial charge on any atom is -0.391 e. The highest BCUT2D eigenvalue weighted by atomic mass is 35.5. The van der Waals surface area contributed by atoms with Crippen LogP contribution in [0.3, 0.4) is 0 Å². The Kier molecular flexibility index (Phi) is 4.23. The van der Waals surface area contributed by atoms with Crippen molar-refractivity contribution < 1.29 is 9.90 Å². The monoisotopic (exact) mass is 307 g/mol. The van der Waals surface area contributed by atoms with Crippen molar-refractivity contribution in [3.63, 3.8) is 0 Å². The van der Waals surface area contributed by atoms with E-state index in [1.165, 1.54) is 6.42 Å². The van der Waals surface area contributed by atoms with Gasteiger partial charge in [-0.2, -0.15) is 0 Å². The third-order valence-corrected chi connectivity index (χ3v) is 5.18. The Labute approximate surface area is 130 Å². The molecule has 1 saturated heterocycles. The van der Waals surface area contributed by atoms with Gasteiger partial charge in [0, 0.05) is 18.1 Å². The van der Waals surface area contributed by atoms with Gasteiger partial charge in [0.25, 0.3) is 0 Å². The first-order valence-electron chi connectivity index (χ1n) is 7.85. The van der Waals surface area contributed by atoms with Crippen molar-refractivity contribution in [2.75, 3.05) is 13.1 Å². The van der Waals surface area contributed by atoms with Gasteiger partial charge in [-0.05, 0) is 37.0 Å². The Hall–Kier alpha value is -1.06. The molecule has 114 valence electrons. The summed E-state index contributed by atoms with van der Waals surface area (Å²) in [5, 5.41) is 10.4. The summed E-state index contributed by atoms with van der Waals surface area (Å²) in [5.74, 6) is 0.181. The van der Waals surface area contributed by atoms with Crippen LogP contribution in [0.2, 0.25) is 5.02 Å². The van der Waals surface area contributed by atoms with E-state index in [0.29, 0.717) is 24.5 Å². The Morgan fingerprint density at radius 1 is 1.29 bits per heavy atom. The number of β-amino-alcohol motifs (C(OH)–C–C–N with tert-alkyl or cyclic N) is 1. The number of benzene rings is 1. The molecule has 1 N–H and O–H groups in total. The van der Waals surface area contributed by atoms with E-state index < -0.39 is 5.41 Å². The van der Waals surface area contributed by atoms with Crippen LogP contribution >= 0.6 is 11.6 Å². The predicted octanol–water partition coefficient (Wildman–Crippen LogP) is 3.14. The second-order valence-electron chi connectivity index (χ2n) is 6.35. The Bertz CT molecular complexity index is 525. The molecule has 2 fully saturated rings. The highest BCUT2D eigenvalue weighted by Gasteiger charge is 2.44. The van der Waals surface area contributed by atoms with E-state index in [0.717, 1.165) is 31.2 Å². The van der Waals surface area contributed by atoms with Gasteiger partial charge >= 0.3 is 0 Å². The molecule has 21 heavy (non-hydrogen) atoms. The molecule has 1 atom stereocenters. The molecular formula is C17H22ClNO2. The minimum atomic E-state index is -0.437. The zero-order valence-corrected chi connectivity index (χ0v) is 13.0. The Balaban J connectivity index is 1.95. The summed E-state index contributed by atoms with van der Waals surface area (Å²) >= 11 is 6.15. The molecule has 0 unspecified atom stereocenters. The van der Waals surface area contributed by atoms with Crippen molar-refractivity contribution in [1.29, 1.82) is 0 Å². The first kappa shape index (κ1) is 14.9. The fraction of sp³-hybridized carbons (Fsp3) is 0.588. The van der Waals surface area contributed by atoms with Crippen LogP contribution in [0.5, 0.6) is 0 Å². The molecule has 3 rings (SSSR count). The van der Waals surface area contributed by atoms with Crippen LogP contribution in [0.4, 0.5) is 0 Å². The van der Waals surface area contributed by atoms with Crippen molar-refractivity contribution in [3.05, 3.63) is 34.9 Å². The van der Waals surface area contributed by atoms with Crippen LogP contribution < -0.4 is 0 Å². The van der Waals surface area contributed by atoms with Gasteiger partial charge in [0.05, 0.1) is 11.5 Å². The average Bonchev–Trinajstić information content (AvgIpc) is 2.94. The predicted molar refractivity (Wildman–Crippen MR) is 83.4 cm³/mol. The van der Waals surface area contributed by atoms with E-state index in [2.05, 4.69) is 0 Å². The summed E-state index contributed by atoms with van der Waals surface area (Å²) in [5.41, 5.74) is 0.605. The Morgan fingerprint density at radius 3 is 2.67 bits per heavy atom. The second-order valence-corrected chi connectivity index (χ2v) is 6.78. The SMILES string of the molecule is O=C(N1CC[C@@H](O)C1)C1(c2cccc(Cl)c2)CCCCC1. The van der Waals surface area contributed by atoms with Crippen molar-refractivity contribution in [3.8, 4) is 0 Å². The molecule has 1 aromatic carbocycles. The van der Waals surface area contributed by atoms with Crippen LogP contribution in [0.1, 0.15) is 44.1 Å². The number of amides is 1. The van der Waals surface area contributed by atoms with Gasteiger partial charge in [0.2, 0.25) is 5.91 Å². The number of rotatable bonds is 2. The molecule has 4 heteroatoms. The van der Waals surface area contributed by atoms with E-state index >= 15 is 0 Å². The second kappa shape index (κ2) is 5.98. The number of aliphatic hydroxyl groups excluding tert-OH is 1. The third kappa shape index (κ3) is 2.82. The van der Waals surface area contributed by atoms with Crippen LogP contribution in [0, 0.1) is 0 Å². The largest absolute Gasteiger partial charge is 0.391 e. The Morgan fingerprint density at radius 2 is 2.05 bits per heavy atom. The molecule has 1 aliphatic carbocycles. The van der Waals surface area contributed by atoms with Gasteiger partial charge in [0.15, 0.2) is 0 Å². The molecule has 1 amide bonds. The number of carbonyl (C=O) groups excluding carboxylic acids is 1. The summed E-state index contributed by atoms with van der Waals surface area (Å²) in [6.45, 7) is 1.14. The van der Waals surface area contributed by atoms with E-state index in [9.17, 15) is 9.90 Å². The average molecular weight is 308 g/mol. The first-order chi connectivity index (χ1) is 10.1. The smallest absolute Gasteiger partial charge is 0.233 e. The number of hydrogen-bond donors (Lipinski definition) is 1. The molecule has 0 spiro atoms. The summed E-state index contributed by atoms with van der Waals surface area (Å²) in [7, 11) is 0. The number of nitrogens with zero attached hydrogens (tertiary/aromatic N) is 1. The van der Waals surface area contributed by atoms with Crippen LogP contribution in [-0.4, -0.2) is 35.1 Å². The number of halogens is 1. The molecule has 3 nitrogen and oxygen atoms in total. The summed E-state index contributed by atoms with van der Waals surface area (Å²) in [4.78, 5) is 15.0. The molecule has 0 bridgehead atoms. The van der Waals surface area contributed by atoms with Crippen LogP contribution in [0.15, 0.2) is 24.3 Å². The topological polar surface area (TPSA) is 40.5 Å². The van der Waals surface area contributed by atoms with E-state index in [1.54, 1.807) is 0 Å². The lowest BCUT2D eigenvalue weighted by Crippen LogP contribution is -2.47. The van der Waals surface area contributed by atoms with Crippen molar-refractivity contribution in [2.45, 2.75) is 50.0 Å². The molecule has 0 radical (unpaired) electrons. The fourth-order valence-electron chi connectivity index (χ4n) is 3.80. The minimum absolute atomic E-state index is 0.181. The standard InChI is InChI=1S/C17H22ClNO2/c18-14-6-4-5-13(11-14)17(8-2-1-3-9-17)16(21)19-10-7-15(20)12-19/h4-6,11,15,20H,1-3,7-10,12H2/t15-/m1/s1. The number of hydrogen-bond acceptors (Lipinski definition) is 2. The van der Waals surface area contributed by atoms with Crippen LogP contribution in [0.25, 0.3) is 0 Å². The fourth-order valence-corrected chi connectivity index (χ4v) is 3.99. The lowest BCUT2D eigenvalue weighted by molar-refractivity contribution is -0.138. The van der Waals surface area contributed by atoms with Crippen molar-refractivity contribution in [2.24, 2.45) is 0 Å². The molecule has 1 saturated carbocycles. The summed E-state index contributed by atoms with van der Waals surface area (Å²) in [6, 6.07) is 7.75. The quantitative estimate of drug-likeness (QED) is 0.912. The zero-order chi connectivity index (χ0) is 14.9. The number of aliphatic hydroxyl groups is 1. The highest BCUT2D eigenvalue weighted by Crippen LogP contribution is 2.42. The third-order valence-electron chi connectivity index (χ3n) is 4.94. The van der Waals surface area contributed by atoms with Gasteiger partial charge in [-0.3, -0.25) is 4.79 Å². The van der Waals surface area contributed by atoms with Crippen molar-refractivity contribution in [1.82, 2.24) is 4.90 Å². The molecule has 1 aliphatic heterocycles. The van der Waals surface area contributed by atoms with Gasteiger partial charge in [-0.1, -0.05) is 43.0 Å². The van der Waals surface area contributed by atoms with E-state index in [1.807, 2.05) is 29.2 Å². The maximum Gasteiger partial charge on any atom is 0.233 e. The highest BCUT2D eigenvalue weighted by molar-refractivity contribution is 6.30. The van der Waals surface area contributed by atoms with Crippen LogP contribution in [-0.2, 0) is 10.2 Å². The zero-order valence-electron chi connectivity index (χ0n) is 12.2. The molecule has 2 aliphatic rings. The maximum atomic E-state index is 13.2. The number of likely N-dealkylation sites (tertiary alicyclic amines) is 1. The first-order valence-corrected chi connectivity index (χ1v) is 8.23. The van der Waals surface area contributed by atoms with Crippen molar-refractivity contribution >= 4 is 17.5 Å². The molecule has 0 aromatic heterocycles. The normalized spacial score (nSPS) is 25.0. The molecule has 1 heterocycles. The van der Waals surface area contributed by atoms with E-state index in [-0.39, 0.29) is 12.0 Å². The van der Waals surface area contributed by atoms with E-state index in [4.69, 9.17) is 11.6 Å². The summed E-state index contributed by atoms with van der Waals surface area (Å²) in [6.07, 6.45) is 5.45. The van der Waals surface area contributed by atoms with Gasteiger partial charge in [-0.25, -0.2) is 0 Å². The van der Waals surface area contributed by atoms with Gasteiger partial charge in [0.1, 0.15) is 0 Å². The maximum absolute atomic E-state index is 13.2. The van der Waals surface area contributed by atoms with Gasteiger partial charge < -0.3 is 10.0 Å².